The summed E-state index contributed by atoms with van der Waals surface area (Å²) in [5, 5.41) is 12.5. The molecule has 0 atom stereocenters. The molecule has 1 fully saturated rings. The van der Waals surface area contributed by atoms with Gasteiger partial charge in [0.25, 0.3) is 6.43 Å². The molecular formula is C17H21F2N5O3. The van der Waals surface area contributed by atoms with Crippen LogP contribution in [0.5, 0.6) is 0 Å². The first-order valence-corrected chi connectivity index (χ1v) is 8.74. The van der Waals surface area contributed by atoms with Crippen molar-refractivity contribution in [3.05, 3.63) is 27.3 Å². The smallest absolute Gasteiger partial charge is 0.323 e. The van der Waals surface area contributed by atoms with Gasteiger partial charge in [0.2, 0.25) is 5.43 Å². The molecule has 10 heteroatoms. The van der Waals surface area contributed by atoms with E-state index in [0.29, 0.717) is 44.0 Å². The molecule has 146 valence electrons. The molecule has 0 aliphatic carbocycles. The lowest BCUT2D eigenvalue weighted by Crippen LogP contribution is -2.46. The molecule has 0 bridgehead atoms. The maximum absolute atomic E-state index is 13.3. The Morgan fingerprint density at radius 2 is 1.96 bits per heavy atom. The summed E-state index contributed by atoms with van der Waals surface area (Å²) in [4.78, 5) is 34.5. The number of aryl methyl sites for hydroxylation is 1. The highest BCUT2D eigenvalue weighted by Crippen LogP contribution is 2.26. The van der Waals surface area contributed by atoms with Crippen molar-refractivity contribution in [2.24, 2.45) is 0 Å². The number of aliphatic carboxylic acids is 1. The number of carbonyl (C=O) groups is 1. The number of nitrogens with zero attached hydrogens (tertiary/aromatic N) is 4. The van der Waals surface area contributed by atoms with Crippen molar-refractivity contribution in [3.8, 4) is 0 Å². The number of anilines is 1. The maximum atomic E-state index is 13.3. The van der Waals surface area contributed by atoms with Crippen LogP contribution in [0.4, 0.5) is 14.5 Å². The minimum atomic E-state index is -2.87. The van der Waals surface area contributed by atoms with E-state index in [1.165, 1.54) is 11.5 Å². The highest BCUT2D eigenvalue weighted by Gasteiger charge is 2.26. The molecule has 3 rings (SSSR count). The largest absolute Gasteiger partial charge is 0.480 e. The fourth-order valence-electron chi connectivity index (χ4n) is 3.44. The number of hydrogen-bond acceptors (Lipinski definition) is 6. The molecular weight excluding hydrogens is 360 g/mol. The first-order chi connectivity index (χ1) is 12.8. The van der Waals surface area contributed by atoms with Gasteiger partial charge in [0.1, 0.15) is 17.9 Å². The van der Waals surface area contributed by atoms with Gasteiger partial charge in [-0.1, -0.05) is 6.92 Å². The Balaban J connectivity index is 2.39. The summed E-state index contributed by atoms with van der Waals surface area (Å²) in [6.07, 6.45) is -2.47. The van der Waals surface area contributed by atoms with E-state index in [2.05, 4.69) is 15.3 Å². The van der Waals surface area contributed by atoms with Crippen LogP contribution in [0.25, 0.3) is 11.2 Å². The molecule has 0 unspecified atom stereocenters. The van der Waals surface area contributed by atoms with Gasteiger partial charge in [0, 0.05) is 31.9 Å². The van der Waals surface area contributed by atoms with Crippen molar-refractivity contribution < 1.29 is 18.7 Å². The second kappa shape index (κ2) is 7.55. The van der Waals surface area contributed by atoms with Crippen LogP contribution in [-0.2, 0) is 17.8 Å². The van der Waals surface area contributed by atoms with Gasteiger partial charge in [-0.3, -0.25) is 9.59 Å². The van der Waals surface area contributed by atoms with Crippen molar-refractivity contribution in [1.82, 2.24) is 19.9 Å². The molecule has 1 aliphatic heterocycles. The van der Waals surface area contributed by atoms with Gasteiger partial charge in [-0.05, 0) is 13.3 Å². The highest BCUT2D eigenvalue weighted by molar-refractivity contribution is 5.79. The molecule has 8 nitrogen and oxygen atoms in total. The fraction of sp³-hybridized carbons (Fsp3) is 0.529. The lowest BCUT2D eigenvalue weighted by atomic mass is 10.1. The summed E-state index contributed by atoms with van der Waals surface area (Å²) in [7, 11) is 0. The SMILES string of the molecule is CCc1c(N2CCNCC2)c(=O)c2nc(C(F)F)c(C)nc2n1CC(=O)O. The van der Waals surface area contributed by atoms with E-state index in [1.54, 1.807) is 0 Å². The third-order valence-electron chi connectivity index (χ3n) is 4.64. The number of nitrogens with one attached hydrogen (secondary N) is 1. The molecule has 0 aromatic carbocycles. The van der Waals surface area contributed by atoms with E-state index in [9.17, 15) is 23.5 Å². The van der Waals surface area contributed by atoms with Gasteiger partial charge < -0.3 is 19.9 Å². The number of pyridine rings is 1. The third-order valence-corrected chi connectivity index (χ3v) is 4.64. The van der Waals surface area contributed by atoms with Crippen LogP contribution in [0.1, 0.15) is 30.4 Å². The van der Waals surface area contributed by atoms with E-state index in [0.717, 1.165) is 0 Å². The van der Waals surface area contributed by atoms with Gasteiger partial charge in [0.05, 0.1) is 5.69 Å². The Bertz CT molecular complexity index is 939. The maximum Gasteiger partial charge on any atom is 0.323 e. The number of alkyl halides is 2. The standard InChI is InChI=1S/C17H21F2N5O3/c1-3-10-14(23-6-4-20-5-7-23)15(27)13-17(24(10)8-11(25)26)21-9(2)12(22-13)16(18)19/h16,20H,3-8H2,1-2H3,(H,25,26). The van der Waals surface area contributed by atoms with Gasteiger partial charge in [0.15, 0.2) is 11.2 Å². The number of carboxylic acid groups (broad SMARTS) is 1. The lowest BCUT2D eigenvalue weighted by Gasteiger charge is -2.31. The second-order valence-corrected chi connectivity index (χ2v) is 6.36. The van der Waals surface area contributed by atoms with Crippen molar-refractivity contribution in [1.29, 1.82) is 0 Å². The fourth-order valence-corrected chi connectivity index (χ4v) is 3.44. The van der Waals surface area contributed by atoms with Crippen molar-refractivity contribution in [3.63, 3.8) is 0 Å². The average Bonchev–Trinajstić information content (AvgIpc) is 2.63. The molecule has 2 aromatic heterocycles. The average molecular weight is 381 g/mol. The molecule has 0 spiro atoms. The summed E-state index contributed by atoms with van der Waals surface area (Å²) < 4.78 is 28.0. The van der Waals surface area contributed by atoms with E-state index >= 15 is 0 Å². The minimum absolute atomic E-state index is 0.0204. The Kier molecular flexibility index (Phi) is 5.36. The van der Waals surface area contributed by atoms with Gasteiger partial charge >= 0.3 is 5.97 Å². The van der Waals surface area contributed by atoms with Crippen LogP contribution < -0.4 is 15.6 Å². The van der Waals surface area contributed by atoms with E-state index in [4.69, 9.17) is 0 Å². The number of carboxylic acids is 1. The van der Waals surface area contributed by atoms with Gasteiger partial charge in [-0.2, -0.15) is 0 Å². The third kappa shape index (κ3) is 3.48. The molecule has 3 heterocycles. The Labute approximate surface area is 153 Å². The van der Waals surface area contributed by atoms with Crippen LogP contribution in [0.15, 0.2) is 4.79 Å². The molecule has 1 aliphatic rings. The van der Waals surface area contributed by atoms with E-state index in [1.807, 2.05) is 11.8 Å². The predicted octanol–water partition coefficient (Wildman–Crippen LogP) is 1.09. The van der Waals surface area contributed by atoms with E-state index < -0.39 is 30.1 Å². The summed E-state index contributed by atoms with van der Waals surface area (Å²) >= 11 is 0. The first kappa shape index (κ1) is 19.2. The number of aromatic nitrogens is 3. The summed E-state index contributed by atoms with van der Waals surface area (Å²) in [6.45, 7) is 5.21. The van der Waals surface area contributed by atoms with Crippen molar-refractivity contribution >= 4 is 22.8 Å². The summed E-state index contributed by atoms with van der Waals surface area (Å²) in [5.41, 5.74) is -0.408. The Morgan fingerprint density at radius 1 is 1.30 bits per heavy atom. The molecule has 2 N–H and O–H groups in total. The quantitative estimate of drug-likeness (QED) is 0.800. The highest BCUT2D eigenvalue weighted by atomic mass is 19.3. The number of rotatable bonds is 5. The van der Waals surface area contributed by atoms with Crippen molar-refractivity contribution in [2.75, 3.05) is 31.1 Å². The molecule has 0 amide bonds. The number of hydrogen-bond donors (Lipinski definition) is 2. The Hall–Kier alpha value is -2.62. The lowest BCUT2D eigenvalue weighted by molar-refractivity contribution is -0.137. The summed E-state index contributed by atoms with van der Waals surface area (Å²) in [6, 6.07) is 0. The molecule has 0 saturated carbocycles. The Morgan fingerprint density at radius 3 is 2.52 bits per heavy atom. The molecule has 27 heavy (non-hydrogen) atoms. The predicted molar refractivity (Wildman–Crippen MR) is 95.6 cm³/mol. The van der Waals surface area contributed by atoms with E-state index in [-0.39, 0.29) is 16.9 Å². The zero-order chi connectivity index (χ0) is 19.7. The molecule has 2 aromatic rings. The minimum Gasteiger partial charge on any atom is -0.480 e. The summed E-state index contributed by atoms with van der Waals surface area (Å²) in [5.74, 6) is -1.11. The molecule has 0 radical (unpaired) electrons. The number of halogens is 2. The number of piperazine rings is 1. The van der Waals surface area contributed by atoms with Crippen LogP contribution in [0.2, 0.25) is 0 Å². The first-order valence-electron chi connectivity index (χ1n) is 8.74. The van der Waals surface area contributed by atoms with Crippen molar-refractivity contribution in [2.45, 2.75) is 33.2 Å². The molecule has 1 saturated heterocycles. The monoisotopic (exact) mass is 381 g/mol. The number of fused-ring (bicyclic) bond motifs is 1. The van der Waals surface area contributed by atoms with Gasteiger partial charge in [-0.25, -0.2) is 18.7 Å². The topological polar surface area (TPSA) is 100 Å². The second-order valence-electron chi connectivity index (χ2n) is 6.36. The van der Waals surface area contributed by atoms with Gasteiger partial charge in [-0.15, -0.1) is 0 Å². The van der Waals surface area contributed by atoms with Crippen LogP contribution >= 0.6 is 0 Å². The van der Waals surface area contributed by atoms with Crippen LogP contribution in [0.3, 0.4) is 0 Å². The van der Waals surface area contributed by atoms with Crippen LogP contribution in [-0.4, -0.2) is 51.8 Å². The van der Waals surface area contributed by atoms with Crippen LogP contribution in [0, 0.1) is 6.92 Å². The zero-order valence-corrected chi connectivity index (χ0v) is 15.1. The zero-order valence-electron chi connectivity index (χ0n) is 15.1. The normalized spacial score (nSPS) is 14.9.